The second kappa shape index (κ2) is 5.92. The summed E-state index contributed by atoms with van der Waals surface area (Å²) in [7, 11) is 0. The van der Waals surface area contributed by atoms with Gasteiger partial charge in [0.25, 0.3) is 4.92 Å². The van der Waals surface area contributed by atoms with E-state index < -0.39 is 0 Å². The number of hydrogen-bond acceptors (Lipinski definition) is 2. The third-order valence-electron chi connectivity index (χ3n) is 1.96. The molecule has 4 nitrogen and oxygen atoms in total. The molecule has 1 N–H and O–H groups in total. The van der Waals surface area contributed by atoms with Gasteiger partial charge in [0.15, 0.2) is 0 Å². The Hall–Kier alpha value is -1.000. The lowest BCUT2D eigenvalue weighted by Gasteiger charge is -2.06. The zero-order chi connectivity index (χ0) is 12.1. The van der Waals surface area contributed by atoms with E-state index in [4.69, 9.17) is 33.1 Å². The van der Waals surface area contributed by atoms with Gasteiger partial charge in [-0.05, 0) is 12.5 Å². The number of unbranched alkanes of at least 4 members (excludes halogenated alkanes) is 1. The van der Waals surface area contributed by atoms with Gasteiger partial charge in [-0.1, -0.05) is 36.5 Å². The molecule has 0 aliphatic carbocycles. The normalized spacial score (nSPS) is 10.2. The highest BCUT2D eigenvalue weighted by Crippen LogP contribution is 2.35. The maximum absolute atomic E-state index is 10.7. The maximum atomic E-state index is 10.7. The minimum absolute atomic E-state index is 0.0744. The monoisotopic (exact) mass is 264 g/mol. The Morgan fingerprint density at radius 1 is 1.38 bits per heavy atom. The summed E-state index contributed by atoms with van der Waals surface area (Å²) in [5.74, 6) is 0.337. The molecule has 16 heavy (non-hydrogen) atoms. The molecule has 0 aliphatic rings. The third-order valence-corrected chi connectivity index (χ3v) is 2.56. The highest BCUT2D eigenvalue weighted by molar-refractivity contribution is 6.36. The lowest BCUT2D eigenvalue weighted by Crippen LogP contribution is -1.99. The molecule has 1 rings (SSSR count). The van der Waals surface area contributed by atoms with Crippen LogP contribution in [0.1, 0.15) is 19.8 Å². The van der Waals surface area contributed by atoms with Gasteiger partial charge in [0.1, 0.15) is 10.8 Å². The minimum Gasteiger partial charge on any atom is -0.492 e. The Bertz CT molecular complexity index is 396. The van der Waals surface area contributed by atoms with Gasteiger partial charge in [-0.2, -0.15) is 0 Å². The van der Waals surface area contributed by atoms with E-state index in [0.29, 0.717) is 17.4 Å². The molecule has 0 fully saturated rings. The Morgan fingerprint density at radius 2 is 2.06 bits per heavy atom. The first-order valence-electron chi connectivity index (χ1n) is 4.84. The van der Waals surface area contributed by atoms with E-state index in [2.05, 4.69) is 0 Å². The largest absolute Gasteiger partial charge is 0.492 e. The zero-order valence-electron chi connectivity index (χ0n) is 8.74. The first kappa shape index (κ1) is 13.1. The van der Waals surface area contributed by atoms with Gasteiger partial charge in [0.05, 0.1) is 22.6 Å². The smallest absolute Gasteiger partial charge is 0.338 e. The SMILES string of the molecule is CCCCOc1cc([N+](=O)O)c(Cl)cc1Cl. The fourth-order valence-electron chi connectivity index (χ4n) is 1.10. The van der Waals surface area contributed by atoms with E-state index >= 15 is 0 Å². The van der Waals surface area contributed by atoms with E-state index in [0.717, 1.165) is 12.8 Å². The molecule has 0 saturated heterocycles. The molecule has 0 heterocycles. The third kappa shape index (κ3) is 3.25. The van der Waals surface area contributed by atoms with Gasteiger partial charge < -0.3 is 4.74 Å². The van der Waals surface area contributed by atoms with Crippen molar-refractivity contribution >= 4 is 28.9 Å². The second-order valence-electron chi connectivity index (χ2n) is 3.21. The molecule has 1 aromatic carbocycles. The molecular formula is C10H12Cl2NO3+. The van der Waals surface area contributed by atoms with Crippen LogP contribution in [-0.2, 0) is 0 Å². The molecule has 1 aromatic rings. The summed E-state index contributed by atoms with van der Waals surface area (Å²) in [5.41, 5.74) is -0.0856. The summed E-state index contributed by atoms with van der Waals surface area (Å²) < 4.78 is 5.36. The average molecular weight is 265 g/mol. The van der Waals surface area contributed by atoms with Crippen molar-refractivity contribution in [3.63, 3.8) is 0 Å². The maximum Gasteiger partial charge on any atom is 0.338 e. The summed E-state index contributed by atoms with van der Waals surface area (Å²) in [6.07, 6.45) is 1.88. The van der Waals surface area contributed by atoms with Crippen LogP contribution in [0.15, 0.2) is 12.1 Å². The Kier molecular flexibility index (Phi) is 4.83. The van der Waals surface area contributed by atoms with Gasteiger partial charge in [-0.3, -0.25) is 0 Å². The van der Waals surface area contributed by atoms with Crippen molar-refractivity contribution in [2.75, 3.05) is 6.61 Å². The summed E-state index contributed by atoms with van der Waals surface area (Å²) in [6, 6.07) is 2.67. The predicted molar refractivity (Wildman–Crippen MR) is 61.9 cm³/mol. The van der Waals surface area contributed by atoms with Crippen LogP contribution in [0, 0.1) is 4.91 Å². The van der Waals surface area contributed by atoms with E-state index in [-0.39, 0.29) is 15.6 Å². The van der Waals surface area contributed by atoms with Crippen LogP contribution in [0.3, 0.4) is 0 Å². The van der Waals surface area contributed by atoms with Crippen LogP contribution in [0.5, 0.6) is 5.75 Å². The average Bonchev–Trinajstić information content (AvgIpc) is 2.21. The Morgan fingerprint density at radius 3 is 2.62 bits per heavy atom. The van der Waals surface area contributed by atoms with E-state index in [1.807, 2.05) is 6.92 Å². The molecule has 88 valence electrons. The Labute approximate surface area is 103 Å². The van der Waals surface area contributed by atoms with E-state index in [1.165, 1.54) is 12.1 Å². The summed E-state index contributed by atoms with van der Waals surface area (Å²) in [4.78, 5) is 10.4. The second-order valence-corrected chi connectivity index (χ2v) is 4.02. The van der Waals surface area contributed by atoms with Gasteiger partial charge in [0.2, 0.25) is 0 Å². The summed E-state index contributed by atoms with van der Waals surface area (Å²) in [5, 5.41) is 9.17. The molecule has 0 amide bonds. The number of rotatable bonds is 5. The van der Waals surface area contributed by atoms with Crippen molar-refractivity contribution < 1.29 is 14.9 Å². The number of benzene rings is 1. The molecule has 0 aliphatic heterocycles. The highest BCUT2D eigenvalue weighted by atomic mass is 35.5. The molecule has 0 spiro atoms. The molecule has 0 atom stereocenters. The number of nitrogens with zero attached hydrogens (tertiary/aromatic N) is 1. The van der Waals surface area contributed by atoms with Crippen molar-refractivity contribution in [3.8, 4) is 5.75 Å². The molecule has 0 aromatic heterocycles. The summed E-state index contributed by atoms with van der Waals surface area (Å²) >= 11 is 11.6. The quantitative estimate of drug-likeness (QED) is 0.647. The first-order chi connectivity index (χ1) is 7.56. The van der Waals surface area contributed by atoms with Gasteiger partial charge >= 0.3 is 5.69 Å². The van der Waals surface area contributed by atoms with Crippen LogP contribution in [-0.4, -0.2) is 16.7 Å². The fourth-order valence-corrected chi connectivity index (χ4v) is 1.61. The van der Waals surface area contributed by atoms with Crippen LogP contribution in [0.2, 0.25) is 10.0 Å². The Balaban J connectivity index is 2.91. The molecule has 6 heteroatoms. The fraction of sp³-hybridized carbons (Fsp3) is 0.400. The van der Waals surface area contributed by atoms with Crippen LogP contribution < -0.4 is 4.74 Å². The molecule has 0 unspecified atom stereocenters. The van der Waals surface area contributed by atoms with Crippen LogP contribution in [0.25, 0.3) is 0 Å². The van der Waals surface area contributed by atoms with Crippen molar-refractivity contribution in [1.29, 1.82) is 0 Å². The molecular weight excluding hydrogens is 253 g/mol. The van der Waals surface area contributed by atoms with E-state index in [1.54, 1.807) is 0 Å². The van der Waals surface area contributed by atoms with Crippen molar-refractivity contribution in [2.24, 2.45) is 0 Å². The highest BCUT2D eigenvalue weighted by Gasteiger charge is 2.21. The van der Waals surface area contributed by atoms with Gasteiger partial charge in [-0.15, -0.1) is 0 Å². The number of ether oxygens (including phenoxy) is 1. The van der Waals surface area contributed by atoms with Crippen LogP contribution in [0.4, 0.5) is 5.69 Å². The predicted octanol–water partition coefficient (Wildman–Crippen LogP) is 3.97. The standard InChI is InChI=1S/C10H12Cl2NO3/c1-2-3-4-16-10-6-9(13(14)15)7(11)5-8(10)12/h5-6H,2-4H2,1H3,(H,14,15)/q+1. The van der Waals surface area contributed by atoms with Crippen molar-refractivity contribution in [2.45, 2.75) is 19.8 Å². The van der Waals surface area contributed by atoms with Gasteiger partial charge in [0, 0.05) is 0 Å². The van der Waals surface area contributed by atoms with Gasteiger partial charge in [-0.25, -0.2) is 5.21 Å². The molecule has 0 bridgehead atoms. The zero-order valence-corrected chi connectivity index (χ0v) is 10.3. The lowest BCUT2D eigenvalue weighted by molar-refractivity contribution is -0.729. The number of hydrogen-bond donors (Lipinski definition) is 1. The molecule has 0 radical (unpaired) electrons. The summed E-state index contributed by atoms with van der Waals surface area (Å²) in [6.45, 7) is 2.53. The lowest BCUT2D eigenvalue weighted by atomic mass is 10.3. The van der Waals surface area contributed by atoms with Crippen molar-refractivity contribution in [3.05, 3.63) is 27.1 Å². The number of halogens is 2. The first-order valence-corrected chi connectivity index (χ1v) is 5.59. The minimum atomic E-state index is -0.314. The van der Waals surface area contributed by atoms with E-state index in [9.17, 15) is 4.91 Å². The topological polar surface area (TPSA) is 49.5 Å². The van der Waals surface area contributed by atoms with Crippen molar-refractivity contribution in [1.82, 2.24) is 0 Å². The van der Waals surface area contributed by atoms with Crippen LogP contribution >= 0.6 is 23.2 Å². The molecule has 0 saturated carbocycles.